The van der Waals surface area contributed by atoms with E-state index in [4.69, 9.17) is 5.11 Å². The Hall–Kier alpha value is -1.10. The minimum atomic E-state index is -0.829. The molecular weight excluding hydrogens is 220 g/mol. The fraction of sp³-hybridized carbons (Fsp3) is 0.833. The second-order valence-electron chi connectivity index (χ2n) is 5.17. The second-order valence-corrected chi connectivity index (χ2v) is 5.17. The summed E-state index contributed by atoms with van der Waals surface area (Å²) in [6.07, 6.45) is 3.71. The average Bonchev–Trinajstić information content (AvgIpc) is 2.97. The Morgan fingerprint density at radius 1 is 1.35 bits per heavy atom. The molecule has 2 atom stereocenters. The molecule has 1 aliphatic heterocycles. The fourth-order valence-corrected chi connectivity index (χ4v) is 2.44. The van der Waals surface area contributed by atoms with Crippen molar-refractivity contribution in [2.75, 3.05) is 13.1 Å². The highest BCUT2D eigenvalue weighted by atomic mass is 16.4. The third-order valence-electron chi connectivity index (χ3n) is 3.57. The van der Waals surface area contributed by atoms with Crippen molar-refractivity contribution in [2.24, 2.45) is 11.8 Å². The summed E-state index contributed by atoms with van der Waals surface area (Å²) in [5.74, 6) is -0.0157. The third kappa shape index (κ3) is 4.00. The summed E-state index contributed by atoms with van der Waals surface area (Å²) in [6, 6.07) is -0.158. The van der Waals surface area contributed by atoms with E-state index >= 15 is 0 Å². The second kappa shape index (κ2) is 5.49. The molecule has 17 heavy (non-hydrogen) atoms. The molecule has 1 saturated carbocycles. The van der Waals surface area contributed by atoms with Crippen molar-refractivity contribution in [1.29, 1.82) is 0 Å². The van der Waals surface area contributed by atoms with Crippen molar-refractivity contribution in [3.8, 4) is 0 Å². The van der Waals surface area contributed by atoms with E-state index in [1.54, 1.807) is 0 Å². The third-order valence-corrected chi connectivity index (χ3v) is 3.57. The molecule has 3 N–H and O–H groups in total. The summed E-state index contributed by atoms with van der Waals surface area (Å²) in [7, 11) is 0. The fourth-order valence-electron chi connectivity index (χ4n) is 2.44. The number of hydrogen-bond donors (Lipinski definition) is 3. The largest absolute Gasteiger partial charge is 0.481 e. The Bertz CT molecular complexity index is 296. The topological polar surface area (TPSA) is 78.4 Å². The Balaban J connectivity index is 1.76. The Kier molecular flexibility index (Phi) is 3.99. The molecule has 0 aromatic heterocycles. The van der Waals surface area contributed by atoms with Gasteiger partial charge in [-0.25, -0.2) is 0 Å². The van der Waals surface area contributed by atoms with E-state index in [0.717, 1.165) is 32.4 Å². The number of aliphatic carboxylic acids is 1. The number of amides is 1. The van der Waals surface area contributed by atoms with Crippen LogP contribution < -0.4 is 10.6 Å². The van der Waals surface area contributed by atoms with E-state index in [1.165, 1.54) is 0 Å². The number of rotatable bonds is 6. The number of carbonyl (C=O) groups is 2. The van der Waals surface area contributed by atoms with Crippen molar-refractivity contribution in [3.63, 3.8) is 0 Å². The minimum Gasteiger partial charge on any atom is -0.481 e. The van der Waals surface area contributed by atoms with Gasteiger partial charge in [0.05, 0.1) is 6.42 Å². The standard InChI is InChI=1S/C12H20N2O3/c15-11(5-8-3-4-13-7-8)14-10(6-12(16)17)9-1-2-9/h8-10,13H,1-7H2,(H,14,15)(H,16,17). The van der Waals surface area contributed by atoms with Crippen molar-refractivity contribution in [3.05, 3.63) is 0 Å². The van der Waals surface area contributed by atoms with Crippen LogP contribution in [0.15, 0.2) is 0 Å². The van der Waals surface area contributed by atoms with Gasteiger partial charge in [-0.3, -0.25) is 9.59 Å². The van der Waals surface area contributed by atoms with Gasteiger partial charge in [0.15, 0.2) is 0 Å². The first-order chi connectivity index (χ1) is 8.15. The van der Waals surface area contributed by atoms with Crippen molar-refractivity contribution in [1.82, 2.24) is 10.6 Å². The number of carboxylic acid groups (broad SMARTS) is 1. The Labute approximate surface area is 101 Å². The Morgan fingerprint density at radius 3 is 2.65 bits per heavy atom. The van der Waals surface area contributed by atoms with Gasteiger partial charge in [0.25, 0.3) is 0 Å². The first-order valence-electron chi connectivity index (χ1n) is 6.37. The molecule has 96 valence electrons. The first-order valence-corrected chi connectivity index (χ1v) is 6.37. The van der Waals surface area contributed by atoms with Gasteiger partial charge in [-0.05, 0) is 44.2 Å². The van der Waals surface area contributed by atoms with Crippen LogP contribution in [0.1, 0.15) is 32.1 Å². The zero-order valence-corrected chi connectivity index (χ0v) is 9.95. The van der Waals surface area contributed by atoms with Gasteiger partial charge in [0, 0.05) is 12.5 Å². The molecule has 1 aliphatic carbocycles. The van der Waals surface area contributed by atoms with Crippen LogP contribution in [0.2, 0.25) is 0 Å². The molecule has 0 radical (unpaired) electrons. The van der Waals surface area contributed by atoms with E-state index in [9.17, 15) is 9.59 Å². The number of carboxylic acids is 1. The van der Waals surface area contributed by atoms with Gasteiger partial charge in [-0.2, -0.15) is 0 Å². The van der Waals surface area contributed by atoms with Crippen molar-refractivity contribution >= 4 is 11.9 Å². The summed E-state index contributed by atoms with van der Waals surface area (Å²) in [6.45, 7) is 1.89. The molecule has 1 amide bonds. The predicted octanol–water partition coefficient (Wildman–Crippen LogP) is 0.355. The highest BCUT2D eigenvalue weighted by molar-refractivity contribution is 5.77. The summed E-state index contributed by atoms with van der Waals surface area (Å²) in [5, 5.41) is 14.9. The smallest absolute Gasteiger partial charge is 0.305 e. The maximum absolute atomic E-state index is 11.8. The number of hydrogen-bond acceptors (Lipinski definition) is 3. The van der Waals surface area contributed by atoms with Gasteiger partial charge < -0.3 is 15.7 Å². The van der Waals surface area contributed by atoms with Crippen LogP contribution in [0.25, 0.3) is 0 Å². The lowest BCUT2D eigenvalue weighted by Crippen LogP contribution is -2.39. The van der Waals surface area contributed by atoms with Gasteiger partial charge >= 0.3 is 5.97 Å². The maximum Gasteiger partial charge on any atom is 0.305 e. The van der Waals surface area contributed by atoms with Gasteiger partial charge in [0.1, 0.15) is 0 Å². The van der Waals surface area contributed by atoms with Crippen LogP contribution in [0.5, 0.6) is 0 Å². The molecular formula is C12H20N2O3. The van der Waals surface area contributed by atoms with Crippen LogP contribution in [0.4, 0.5) is 0 Å². The zero-order chi connectivity index (χ0) is 12.3. The van der Waals surface area contributed by atoms with Crippen molar-refractivity contribution < 1.29 is 14.7 Å². The minimum absolute atomic E-state index is 0.0110. The van der Waals surface area contributed by atoms with E-state index < -0.39 is 5.97 Å². The van der Waals surface area contributed by atoms with Crippen LogP contribution >= 0.6 is 0 Å². The summed E-state index contributed by atoms with van der Waals surface area (Å²) < 4.78 is 0. The molecule has 5 heteroatoms. The van der Waals surface area contributed by atoms with E-state index in [1.807, 2.05) is 0 Å². The molecule has 5 nitrogen and oxygen atoms in total. The molecule has 2 unspecified atom stereocenters. The number of nitrogens with one attached hydrogen (secondary N) is 2. The molecule has 0 aromatic rings. The molecule has 2 rings (SSSR count). The van der Waals surface area contributed by atoms with E-state index in [0.29, 0.717) is 18.3 Å². The lowest BCUT2D eigenvalue weighted by molar-refractivity contribution is -0.137. The predicted molar refractivity (Wildman–Crippen MR) is 62.5 cm³/mol. The van der Waals surface area contributed by atoms with Crippen LogP contribution in [-0.4, -0.2) is 36.1 Å². The molecule has 1 heterocycles. The van der Waals surface area contributed by atoms with E-state index in [-0.39, 0.29) is 18.4 Å². The molecule has 2 fully saturated rings. The molecule has 1 saturated heterocycles. The highest BCUT2D eigenvalue weighted by Gasteiger charge is 2.34. The zero-order valence-electron chi connectivity index (χ0n) is 9.95. The molecule has 0 aromatic carbocycles. The van der Waals surface area contributed by atoms with Crippen LogP contribution in [-0.2, 0) is 9.59 Å². The van der Waals surface area contributed by atoms with Crippen molar-refractivity contribution in [2.45, 2.75) is 38.1 Å². The first kappa shape index (κ1) is 12.4. The lowest BCUT2D eigenvalue weighted by Gasteiger charge is -2.17. The lowest BCUT2D eigenvalue weighted by atomic mass is 10.0. The average molecular weight is 240 g/mol. The molecule has 0 spiro atoms. The quantitative estimate of drug-likeness (QED) is 0.626. The van der Waals surface area contributed by atoms with Gasteiger partial charge in [-0.15, -0.1) is 0 Å². The van der Waals surface area contributed by atoms with Gasteiger partial charge in [0.2, 0.25) is 5.91 Å². The maximum atomic E-state index is 11.8. The SMILES string of the molecule is O=C(O)CC(NC(=O)CC1CCNC1)C1CC1. The van der Waals surface area contributed by atoms with Crippen LogP contribution in [0, 0.1) is 11.8 Å². The molecule has 2 aliphatic rings. The van der Waals surface area contributed by atoms with Gasteiger partial charge in [-0.1, -0.05) is 0 Å². The monoisotopic (exact) mass is 240 g/mol. The number of carbonyl (C=O) groups excluding carboxylic acids is 1. The Morgan fingerprint density at radius 2 is 2.12 bits per heavy atom. The normalized spacial score (nSPS) is 25.5. The van der Waals surface area contributed by atoms with E-state index in [2.05, 4.69) is 10.6 Å². The molecule has 0 bridgehead atoms. The highest BCUT2D eigenvalue weighted by Crippen LogP contribution is 2.34. The summed E-state index contributed by atoms with van der Waals surface area (Å²) in [5.41, 5.74) is 0. The summed E-state index contributed by atoms with van der Waals surface area (Å²) >= 11 is 0. The summed E-state index contributed by atoms with van der Waals surface area (Å²) in [4.78, 5) is 22.5. The van der Waals surface area contributed by atoms with Crippen LogP contribution in [0.3, 0.4) is 0 Å².